The van der Waals surface area contributed by atoms with Crippen LogP contribution in [0.25, 0.3) is 5.52 Å². The van der Waals surface area contributed by atoms with Gasteiger partial charge in [0.2, 0.25) is 0 Å². The van der Waals surface area contributed by atoms with Crippen molar-refractivity contribution in [2.24, 2.45) is 5.14 Å². The van der Waals surface area contributed by atoms with Crippen LogP contribution in [-0.4, -0.2) is 53.5 Å². The SMILES string of the molecule is Cc1cc(Br)n2ncnc(N3CCC(N(C)S(N)(=O)=O)CC3)c12. The Bertz CT molecular complexity index is 828. The van der Waals surface area contributed by atoms with E-state index in [0.717, 1.165) is 34.6 Å². The minimum Gasteiger partial charge on any atom is -0.355 e. The van der Waals surface area contributed by atoms with Crippen molar-refractivity contribution in [1.82, 2.24) is 18.9 Å². The van der Waals surface area contributed by atoms with Crippen LogP contribution in [0.3, 0.4) is 0 Å². The molecule has 0 aliphatic carbocycles. The number of anilines is 1. The Morgan fingerprint density at radius 2 is 2.04 bits per heavy atom. The van der Waals surface area contributed by atoms with Gasteiger partial charge < -0.3 is 4.90 Å². The Kier molecular flexibility index (Phi) is 4.34. The fourth-order valence-corrected chi connectivity index (χ4v) is 4.28. The average molecular weight is 403 g/mol. The molecule has 1 saturated heterocycles. The molecule has 3 rings (SSSR count). The predicted octanol–water partition coefficient (Wildman–Crippen LogP) is 0.904. The summed E-state index contributed by atoms with van der Waals surface area (Å²) in [7, 11) is -2.11. The van der Waals surface area contributed by atoms with Crippen molar-refractivity contribution in [3.8, 4) is 0 Å². The van der Waals surface area contributed by atoms with Gasteiger partial charge >= 0.3 is 0 Å². The van der Waals surface area contributed by atoms with Gasteiger partial charge in [-0.3, -0.25) is 0 Å². The molecule has 0 atom stereocenters. The molecule has 1 fully saturated rings. The molecule has 10 heteroatoms. The number of aryl methyl sites for hydroxylation is 1. The van der Waals surface area contributed by atoms with Crippen molar-refractivity contribution in [1.29, 1.82) is 0 Å². The van der Waals surface area contributed by atoms with Gasteiger partial charge in [0.1, 0.15) is 16.4 Å². The van der Waals surface area contributed by atoms with Gasteiger partial charge in [-0.25, -0.2) is 14.6 Å². The third-order valence-corrected chi connectivity index (χ3v) is 6.03. The molecule has 1 aliphatic rings. The monoisotopic (exact) mass is 402 g/mol. The van der Waals surface area contributed by atoms with Crippen LogP contribution < -0.4 is 10.0 Å². The first kappa shape index (κ1) is 16.6. The molecule has 0 saturated carbocycles. The van der Waals surface area contributed by atoms with Crippen molar-refractivity contribution >= 4 is 37.5 Å². The smallest absolute Gasteiger partial charge is 0.276 e. The number of aromatic nitrogens is 3. The maximum absolute atomic E-state index is 11.5. The van der Waals surface area contributed by atoms with E-state index in [1.807, 2.05) is 17.5 Å². The van der Waals surface area contributed by atoms with Crippen LogP contribution in [0.5, 0.6) is 0 Å². The third kappa shape index (κ3) is 3.08. The molecule has 3 heterocycles. The van der Waals surface area contributed by atoms with Crippen molar-refractivity contribution in [2.45, 2.75) is 25.8 Å². The molecule has 0 bridgehead atoms. The summed E-state index contributed by atoms with van der Waals surface area (Å²) in [5.74, 6) is 0.875. The number of nitrogens with two attached hydrogens (primary N) is 1. The van der Waals surface area contributed by atoms with E-state index in [0.29, 0.717) is 12.8 Å². The molecule has 2 aromatic heterocycles. The second-order valence-corrected chi connectivity index (χ2v) is 8.19. The number of fused-ring (bicyclic) bond motifs is 1. The number of hydrogen-bond donors (Lipinski definition) is 1. The fourth-order valence-electron chi connectivity index (χ4n) is 3.04. The number of hydrogen-bond acceptors (Lipinski definition) is 5. The molecule has 1 aliphatic heterocycles. The molecule has 126 valence electrons. The van der Waals surface area contributed by atoms with E-state index in [4.69, 9.17) is 5.14 Å². The second kappa shape index (κ2) is 6.00. The highest BCUT2D eigenvalue weighted by molar-refractivity contribution is 9.10. The summed E-state index contributed by atoms with van der Waals surface area (Å²) in [5.41, 5.74) is 2.06. The first-order valence-corrected chi connectivity index (χ1v) is 9.58. The topological polar surface area (TPSA) is 96.8 Å². The van der Waals surface area contributed by atoms with Gasteiger partial charge in [0.25, 0.3) is 10.2 Å². The number of nitrogens with zero attached hydrogens (tertiary/aromatic N) is 5. The summed E-state index contributed by atoms with van der Waals surface area (Å²) in [5, 5.41) is 9.47. The zero-order chi connectivity index (χ0) is 16.8. The van der Waals surface area contributed by atoms with E-state index in [1.54, 1.807) is 0 Å². The van der Waals surface area contributed by atoms with E-state index >= 15 is 0 Å². The van der Waals surface area contributed by atoms with E-state index in [9.17, 15) is 8.42 Å². The molecule has 8 nitrogen and oxygen atoms in total. The first-order valence-electron chi connectivity index (χ1n) is 7.28. The summed E-state index contributed by atoms with van der Waals surface area (Å²) < 4.78 is 26.9. The van der Waals surface area contributed by atoms with Crippen LogP contribution in [0, 0.1) is 6.92 Å². The predicted molar refractivity (Wildman–Crippen MR) is 91.5 cm³/mol. The number of halogens is 1. The van der Waals surface area contributed by atoms with Crippen LogP contribution in [0.15, 0.2) is 17.0 Å². The molecule has 0 amide bonds. The van der Waals surface area contributed by atoms with Gasteiger partial charge in [-0.05, 0) is 47.3 Å². The zero-order valence-electron chi connectivity index (χ0n) is 13.0. The normalized spacial score (nSPS) is 17.3. The van der Waals surface area contributed by atoms with Crippen molar-refractivity contribution < 1.29 is 8.42 Å². The first-order chi connectivity index (χ1) is 10.8. The van der Waals surface area contributed by atoms with Crippen LogP contribution in [-0.2, 0) is 10.2 Å². The van der Waals surface area contributed by atoms with Crippen molar-refractivity contribution in [2.75, 3.05) is 25.0 Å². The summed E-state index contributed by atoms with van der Waals surface area (Å²) >= 11 is 3.49. The minimum atomic E-state index is -3.64. The molecular formula is C13H19BrN6O2S. The highest BCUT2D eigenvalue weighted by Gasteiger charge is 2.29. The molecule has 2 N–H and O–H groups in total. The molecular weight excluding hydrogens is 384 g/mol. The van der Waals surface area contributed by atoms with Crippen molar-refractivity contribution in [3.63, 3.8) is 0 Å². The van der Waals surface area contributed by atoms with Gasteiger partial charge in [-0.2, -0.15) is 17.8 Å². The number of rotatable bonds is 3. The lowest BCUT2D eigenvalue weighted by Gasteiger charge is -2.36. The quantitative estimate of drug-likeness (QED) is 0.822. The second-order valence-electron chi connectivity index (χ2n) is 5.77. The highest BCUT2D eigenvalue weighted by atomic mass is 79.9. The number of piperidine rings is 1. The lowest BCUT2D eigenvalue weighted by molar-refractivity contribution is 0.312. The van der Waals surface area contributed by atoms with E-state index < -0.39 is 10.2 Å². The van der Waals surface area contributed by atoms with Crippen LogP contribution in [0.2, 0.25) is 0 Å². The lowest BCUT2D eigenvalue weighted by atomic mass is 10.1. The maximum atomic E-state index is 11.5. The van der Waals surface area contributed by atoms with Gasteiger partial charge in [0.05, 0.1) is 0 Å². The standard InChI is InChI=1S/C13H19BrN6O2S/c1-9-7-11(14)20-12(9)13(16-8-17-20)19-5-3-10(4-6-19)18(2)23(15,21)22/h7-8,10H,3-6H2,1-2H3,(H2,15,21,22). The van der Waals surface area contributed by atoms with Gasteiger partial charge in [0.15, 0.2) is 5.82 Å². The maximum Gasteiger partial charge on any atom is 0.276 e. The van der Waals surface area contributed by atoms with Gasteiger partial charge in [-0.15, -0.1) is 0 Å². The van der Waals surface area contributed by atoms with Gasteiger partial charge in [0, 0.05) is 26.2 Å². The molecule has 0 spiro atoms. The Morgan fingerprint density at radius 3 is 2.65 bits per heavy atom. The Morgan fingerprint density at radius 1 is 1.39 bits per heavy atom. The Hall–Kier alpha value is -1.23. The van der Waals surface area contributed by atoms with E-state index in [1.165, 1.54) is 17.7 Å². The Labute approximate surface area is 143 Å². The van der Waals surface area contributed by atoms with Gasteiger partial charge in [-0.1, -0.05) is 0 Å². The van der Waals surface area contributed by atoms with E-state index in [2.05, 4.69) is 30.9 Å². The third-order valence-electron chi connectivity index (χ3n) is 4.36. The highest BCUT2D eigenvalue weighted by Crippen LogP contribution is 2.29. The van der Waals surface area contributed by atoms with Crippen LogP contribution >= 0.6 is 15.9 Å². The van der Waals surface area contributed by atoms with Crippen molar-refractivity contribution in [3.05, 3.63) is 22.6 Å². The molecule has 0 radical (unpaired) electrons. The summed E-state index contributed by atoms with van der Waals surface area (Å²) in [4.78, 5) is 6.61. The Balaban J connectivity index is 1.84. The fraction of sp³-hybridized carbons (Fsp3) is 0.538. The van der Waals surface area contributed by atoms with E-state index in [-0.39, 0.29) is 6.04 Å². The van der Waals surface area contributed by atoms with Crippen LogP contribution in [0.1, 0.15) is 18.4 Å². The summed E-state index contributed by atoms with van der Waals surface area (Å²) in [6, 6.07) is 1.94. The largest absolute Gasteiger partial charge is 0.355 e. The molecule has 0 unspecified atom stereocenters. The molecule has 0 aromatic carbocycles. The average Bonchev–Trinajstić information content (AvgIpc) is 2.81. The summed E-state index contributed by atoms with van der Waals surface area (Å²) in [6.07, 6.45) is 2.96. The molecule has 2 aromatic rings. The zero-order valence-corrected chi connectivity index (χ0v) is 15.4. The molecule has 23 heavy (non-hydrogen) atoms. The minimum absolute atomic E-state index is 0.0706. The lowest BCUT2D eigenvalue weighted by Crippen LogP contribution is -2.47. The van der Waals surface area contributed by atoms with Crippen LogP contribution in [0.4, 0.5) is 5.82 Å². The summed E-state index contributed by atoms with van der Waals surface area (Å²) in [6.45, 7) is 3.47.